The number of rotatable bonds is 3. The molecule has 1 aliphatic heterocycles. The third-order valence-electron chi connectivity index (χ3n) is 3.36. The molecule has 18 heavy (non-hydrogen) atoms. The Kier molecular flexibility index (Phi) is 3.84. The average Bonchev–Trinajstić information content (AvgIpc) is 2.89. The number of aliphatic imine (C=N–C) groups is 2. The van der Waals surface area contributed by atoms with Crippen molar-refractivity contribution in [1.29, 1.82) is 0 Å². The van der Waals surface area contributed by atoms with E-state index in [1.165, 1.54) is 0 Å². The molecular formula is C12H20N4O2. The number of carbonyl (C=O) groups is 1. The van der Waals surface area contributed by atoms with Gasteiger partial charge in [-0.15, -0.1) is 0 Å². The molecule has 0 aromatic carbocycles. The van der Waals surface area contributed by atoms with Crippen molar-refractivity contribution in [3.8, 4) is 0 Å². The summed E-state index contributed by atoms with van der Waals surface area (Å²) in [7, 11) is 0. The van der Waals surface area contributed by atoms with Gasteiger partial charge in [-0.3, -0.25) is 10.1 Å². The molecule has 1 spiro atoms. The maximum Gasteiger partial charge on any atom is 0.289 e. The zero-order valence-corrected chi connectivity index (χ0v) is 10.7. The Hall–Kier alpha value is -1.59. The van der Waals surface area contributed by atoms with Gasteiger partial charge in [-0.05, 0) is 19.3 Å². The number of amidine groups is 1. The normalized spacial score (nSPS) is 22.2. The zero-order chi connectivity index (χ0) is 13.0. The van der Waals surface area contributed by atoms with Crippen LogP contribution in [0.25, 0.3) is 0 Å². The van der Waals surface area contributed by atoms with Crippen molar-refractivity contribution in [2.75, 3.05) is 6.61 Å². The Labute approximate surface area is 107 Å². The molecule has 0 atom stereocenters. The first-order valence-electron chi connectivity index (χ1n) is 6.54. The lowest BCUT2D eigenvalue weighted by Crippen LogP contribution is -2.37. The van der Waals surface area contributed by atoms with Crippen molar-refractivity contribution >= 4 is 17.9 Å². The largest absolute Gasteiger partial charge is 0.465 e. The molecule has 1 aliphatic carbocycles. The van der Waals surface area contributed by atoms with Gasteiger partial charge in [-0.25, -0.2) is 4.99 Å². The lowest BCUT2D eigenvalue weighted by molar-refractivity contribution is -0.123. The minimum absolute atomic E-state index is 0.0555. The van der Waals surface area contributed by atoms with Crippen LogP contribution in [0, 0.1) is 0 Å². The first kappa shape index (κ1) is 12.9. The van der Waals surface area contributed by atoms with Gasteiger partial charge in [0.25, 0.3) is 11.9 Å². The smallest absolute Gasteiger partial charge is 0.289 e. The van der Waals surface area contributed by atoms with E-state index in [9.17, 15) is 4.79 Å². The van der Waals surface area contributed by atoms with Crippen LogP contribution in [0.3, 0.4) is 0 Å². The van der Waals surface area contributed by atoms with Crippen molar-refractivity contribution in [3.05, 3.63) is 0 Å². The summed E-state index contributed by atoms with van der Waals surface area (Å²) in [4.78, 5) is 20.3. The summed E-state index contributed by atoms with van der Waals surface area (Å²) in [5.74, 6) is 0.232. The van der Waals surface area contributed by atoms with Crippen LogP contribution in [0.4, 0.5) is 0 Å². The molecule has 0 aromatic rings. The number of nitrogens with zero attached hydrogens (tertiary/aromatic N) is 2. The van der Waals surface area contributed by atoms with Gasteiger partial charge in [0.1, 0.15) is 5.54 Å². The topological polar surface area (TPSA) is 89.1 Å². The summed E-state index contributed by atoms with van der Waals surface area (Å²) >= 11 is 0. The van der Waals surface area contributed by atoms with Crippen LogP contribution in [0.15, 0.2) is 9.98 Å². The summed E-state index contributed by atoms with van der Waals surface area (Å²) in [5.41, 5.74) is 5.04. The molecule has 2 rings (SSSR count). The quantitative estimate of drug-likeness (QED) is 0.444. The molecule has 0 aromatic heterocycles. The Bertz CT molecular complexity index is 384. The summed E-state index contributed by atoms with van der Waals surface area (Å²) in [5, 5.41) is 2.67. The summed E-state index contributed by atoms with van der Waals surface area (Å²) < 4.78 is 5.23. The second-order valence-corrected chi connectivity index (χ2v) is 4.78. The van der Waals surface area contributed by atoms with E-state index in [-0.39, 0.29) is 17.9 Å². The fraction of sp³-hybridized carbons (Fsp3) is 0.750. The molecule has 1 fully saturated rings. The molecule has 1 heterocycles. The first-order chi connectivity index (χ1) is 8.66. The van der Waals surface area contributed by atoms with Gasteiger partial charge in [0.05, 0.1) is 6.61 Å². The van der Waals surface area contributed by atoms with Crippen molar-refractivity contribution < 1.29 is 9.53 Å². The first-order valence-corrected chi connectivity index (χ1v) is 6.54. The molecule has 3 N–H and O–H groups in total. The molecule has 6 nitrogen and oxygen atoms in total. The Balaban J connectivity index is 1.97. The third kappa shape index (κ3) is 2.63. The lowest BCUT2D eigenvalue weighted by Gasteiger charge is -2.13. The average molecular weight is 252 g/mol. The molecule has 2 aliphatic rings. The minimum atomic E-state index is -0.581. The fourth-order valence-corrected chi connectivity index (χ4v) is 2.31. The van der Waals surface area contributed by atoms with Gasteiger partial charge in [0.15, 0.2) is 0 Å². The van der Waals surface area contributed by atoms with Crippen molar-refractivity contribution in [2.24, 2.45) is 15.7 Å². The number of nitrogens with one attached hydrogen (secondary N) is 1. The van der Waals surface area contributed by atoms with Gasteiger partial charge in [0.2, 0.25) is 5.96 Å². The number of hydrogen-bond donors (Lipinski definition) is 2. The van der Waals surface area contributed by atoms with Gasteiger partial charge < -0.3 is 10.5 Å². The fourth-order valence-electron chi connectivity index (χ4n) is 2.31. The van der Waals surface area contributed by atoms with Crippen LogP contribution in [0.5, 0.6) is 0 Å². The zero-order valence-electron chi connectivity index (χ0n) is 10.7. The van der Waals surface area contributed by atoms with Crippen LogP contribution in [0.2, 0.25) is 0 Å². The van der Waals surface area contributed by atoms with Gasteiger partial charge >= 0.3 is 0 Å². The van der Waals surface area contributed by atoms with E-state index in [4.69, 9.17) is 10.5 Å². The molecule has 0 unspecified atom stereocenters. The second-order valence-electron chi connectivity index (χ2n) is 4.78. The predicted molar refractivity (Wildman–Crippen MR) is 69.3 cm³/mol. The molecule has 1 saturated carbocycles. The van der Waals surface area contributed by atoms with Crippen LogP contribution < -0.4 is 11.1 Å². The number of guanidine groups is 1. The number of amides is 1. The monoisotopic (exact) mass is 252 g/mol. The second kappa shape index (κ2) is 5.37. The maximum atomic E-state index is 11.9. The molecule has 0 radical (unpaired) electrons. The number of unbranched alkanes of at least 4 members (excludes halogenated alkanes) is 1. The molecule has 100 valence electrons. The van der Waals surface area contributed by atoms with Gasteiger partial charge in [-0.2, -0.15) is 4.99 Å². The SMILES string of the molecule is CCCCO/C(N)=N/C1=NC2(CCCC2)C(=O)N1. The van der Waals surface area contributed by atoms with E-state index in [1.54, 1.807) is 0 Å². The van der Waals surface area contributed by atoms with E-state index in [2.05, 4.69) is 22.2 Å². The Morgan fingerprint density at radius 2 is 2.28 bits per heavy atom. The maximum absolute atomic E-state index is 11.9. The van der Waals surface area contributed by atoms with E-state index < -0.39 is 5.54 Å². The van der Waals surface area contributed by atoms with Crippen LogP contribution in [-0.4, -0.2) is 30.0 Å². The van der Waals surface area contributed by atoms with E-state index >= 15 is 0 Å². The van der Waals surface area contributed by atoms with Crippen LogP contribution >= 0.6 is 0 Å². The van der Waals surface area contributed by atoms with Crippen molar-refractivity contribution in [2.45, 2.75) is 51.0 Å². The van der Waals surface area contributed by atoms with E-state index in [1.807, 2.05) is 0 Å². The number of carbonyl (C=O) groups excluding carboxylic acids is 1. The van der Waals surface area contributed by atoms with Crippen molar-refractivity contribution in [3.63, 3.8) is 0 Å². The molecule has 0 bridgehead atoms. The molecule has 0 saturated heterocycles. The summed E-state index contributed by atoms with van der Waals surface area (Å²) in [6.07, 6.45) is 5.64. The number of nitrogens with two attached hydrogens (primary N) is 1. The highest BCUT2D eigenvalue weighted by Crippen LogP contribution is 2.35. The standard InChI is InChI=1S/C12H20N4O2/c1-2-3-8-18-10(13)15-11-14-9(17)12(16-11)6-4-5-7-12/h2-8H2,1H3,(H3,13,14,15,16,17). The third-order valence-corrected chi connectivity index (χ3v) is 3.36. The predicted octanol–water partition coefficient (Wildman–Crippen LogP) is 0.916. The van der Waals surface area contributed by atoms with Gasteiger partial charge in [0, 0.05) is 0 Å². The Morgan fingerprint density at radius 1 is 1.56 bits per heavy atom. The lowest BCUT2D eigenvalue weighted by atomic mass is 9.99. The van der Waals surface area contributed by atoms with E-state index in [0.717, 1.165) is 38.5 Å². The number of ether oxygens (including phenoxy) is 1. The molecule has 1 amide bonds. The Morgan fingerprint density at radius 3 is 2.94 bits per heavy atom. The summed E-state index contributed by atoms with van der Waals surface area (Å²) in [6, 6.07) is 0.0672. The highest BCUT2D eigenvalue weighted by molar-refractivity contribution is 6.10. The van der Waals surface area contributed by atoms with Gasteiger partial charge in [-0.1, -0.05) is 26.2 Å². The minimum Gasteiger partial charge on any atom is -0.465 e. The number of hydrogen-bond acceptors (Lipinski definition) is 4. The van der Waals surface area contributed by atoms with Crippen molar-refractivity contribution in [1.82, 2.24) is 5.32 Å². The highest BCUT2D eigenvalue weighted by atomic mass is 16.5. The van der Waals surface area contributed by atoms with E-state index in [0.29, 0.717) is 6.61 Å². The summed E-state index contributed by atoms with van der Waals surface area (Å²) in [6.45, 7) is 2.61. The van der Waals surface area contributed by atoms with Crippen LogP contribution in [0.1, 0.15) is 45.4 Å². The highest BCUT2D eigenvalue weighted by Gasteiger charge is 2.45. The van der Waals surface area contributed by atoms with Crippen LogP contribution in [-0.2, 0) is 9.53 Å². The molecule has 6 heteroatoms. The molecular weight excluding hydrogens is 232 g/mol.